The Hall–Kier alpha value is -3.01. The summed E-state index contributed by atoms with van der Waals surface area (Å²) in [5.41, 5.74) is 1.66. The number of hydrogen-bond donors (Lipinski definition) is 3. The minimum absolute atomic E-state index is 0.513. The van der Waals surface area contributed by atoms with Crippen molar-refractivity contribution >= 4 is 29.2 Å². The maximum atomic E-state index is 10.6. The van der Waals surface area contributed by atoms with Gasteiger partial charge in [0.2, 0.25) is 5.95 Å². The van der Waals surface area contributed by atoms with E-state index in [2.05, 4.69) is 37.5 Å². The zero-order valence-corrected chi connectivity index (χ0v) is 19.6. The Balaban J connectivity index is 0.000000271. The van der Waals surface area contributed by atoms with E-state index in [1.54, 1.807) is 23.7 Å². The predicted molar refractivity (Wildman–Crippen MR) is 115 cm³/mol. The Morgan fingerprint density at radius 3 is 2.08 bits per heavy atom. The standard InChI is InChI=1S/C16H21N5S.2C2HF3O2/c1-12-10-22-14(19-12)9-21-6-3-16(11-21)7-13(8-16)20-15-17-4-2-5-18-15;2*3-2(4,5)1(6)7/h2,4-5,10,13H,3,6-9,11H2,1H3,(H,17,18,20);2*(H,6,7). The molecule has 1 aliphatic carbocycles. The monoisotopic (exact) mass is 543 g/mol. The second kappa shape index (κ2) is 11.8. The molecule has 1 aliphatic heterocycles. The van der Waals surface area contributed by atoms with Crippen molar-refractivity contribution in [2.45, 2.75) is 51.1 Å². The first-order valence-electron chi connectivity index (χ1n) is 10.4. The van der Waals surface area contributed by atoms with Crippen LogP contribution in [0.4, 0.5) is 32.3 Å². The van der Waals surface area contributed by atoms with Gasteiger partial charge in [-0.25, -0.2) is 24.5 Å². The number of anilines is 1. The highest BCUT2D eigenvalue weighted by molar-refractivity contribution is 7.09. The number of hydrogen-bond acceptors (Lipinski definition) is 8. The van der Waals surface area contributed by atoms with Crippen LogP contribution in [0, 0.1) is 12.3 Å². The topological polar surface area (TPSA) is 129 Å². The molecule has 0 unspecified atom stereocenters. The Labute approximate surface area is 205 Å². The molecule has 3 heterocycles. The molecule has 9 nitrogen and oxygen atoms in total. The highest BCUT2D eigenvalue weighted by atomic mass is 32.1. The number of aryl methyl sites for hydroxylation is 1. The van der Waals surface area contributed by atoms with E-state index in [0.717, 1.165) is 18.2 Å². The second-order valence-electron chi connectivity index (χ2n) is 8.27. The summed E-state index contributed by atoms with van der Waals surface area (Å²) in [5, 5.41) is 21.1. The van der Waals surface area contributed by atoms with Gasteiger partial charge in [0.1, 0.15) is 5.01 Å². The summed E-state index contributed by atoms with van der Waals surface area (Å²) in [5.74, 6) is -4.75. The second-order valence-corrected chi connectivity index (χ2v) is 9.21. The van der Waals surface area contributed by atoms with E-state index >= 15 is 0 Å². The SMILES string of the molecule is Cc1csc(CN2CCC3(CC(Nc4ncccn4)C3)C2)n1.O=C(O)C(F)(F)F.O=C(O)C(F)(F)F. The number of likely N-dealkylation sites (tertiary alicyclic amines) is 1. The highest BCUT2D eigenvalue weighted by Gasteiger charge is 2.48. The van der Waals surface area contributed by atoms with Gasteiger partial charge in [-0.2, -0.15) is 26.3 Å². The molecular formula is C20H23F6N5O4S. The number of carboxylic acids is 2. The zero-order chi connectivity index (χ0) is 27.1. The van der Waals surface area contributed by atoms with Crippen LogP contribution in [0.1, 0.15) is 30.0 Å². The minimum atomic E-state index is -5.08. The average molecular weight is 543 g/mol. The molecule has 36 heavy (non-hydrogen) atoms. The number of nitrogens with zero attached hydrogens (tertiary/aromatic N) is 4. The zero-order valence-electron chi connectivity index (χ0n) is 18.8. The molecule has 16 heteroatoms. The van der Waals surface area contributed by atoms with Crippen molar-refractivity contribution in [1.82, 2.24) is 19.9 Å². The number of aromatic nitrogens is 3. The molecule has 2 aromatic rings. The fourth-order valence-electron chi connectivity index (χ4n) is 3.81. The summed E-state index contributed by atoms with van der Waals surface area (Å²) in [6, 6.07) is 2.38. The van der Waals surface area contributed by atoms with Crippen molar-refractivity contribution in [2.75, 3.05) is 18.4 Å². The number of carbonyl (C=O) groups is 2. The number of thiazole rings is 1. The lowest BCUT2D eigenvalue weighted by molar-refractivity contribution is -0.193. The molecule has 2 aromatic heterocycles. The van der Waals surface area contributed by atoms with Crippen LogP contribution in [-0.4, -0.2) is 73.5 Å². The molecule has 0 aromatic carbocycles. The average Bonchev–Trinajstić information content (AvgIpc) is 3.34. The first-order valence-corrected chi connectivity index (χ1v) is 11.2. The van der Waals surface area contributed by atoms with E-state index in [1.165, 1.54) is 37.4 Å². The van der Waals surface area contributed by atoms with Gasteiger partial charge in [0, 0.05) is 36.1 Å². The minimum Gasteiger partial charge on any atom is -0.475 e. The van der Waals surface area contributed by atoms with Crippen LogP contribution in [0.15, 0.2) is 23.8 Å². The van der Waals surface area contributed by atoms with Crippen LogP contribution in [-0.2, 0) is 16.1 Å². The molecule has 1 spiro atoms. The van der Waals surface area contributed by atoms with Gasteiger partial charge in [-0.15, -0.1) is 11.3 Å². The summed E-state index contributed by atoms with van der Waals surface area (Å²) in [4.78, 5) is 33.4. The Morgan fingerprint density at radius 1 is 1.11 bits per heavy atom. The first kappa shape index (κ1) is 29.2. The molecule has 3 N–H and O–H groups in total. The lowest BCUT2D eigenvalue weighted by Crippen LogP contribution is -2.47. The largest absolute Gasteiger partial charge is 0.490 e. The van der Waals surface area contributed by atoms with Crippen molar-refractivity contribution < 1.29 is 46.1 Å². The third-order valence-electron chi connectivity index (χ3n) is 5.29. The molecule has 1 saturated heterocycles. The maximum absolute atomic E-state index is 10.6. The van der Waals surface area contributed by atoms with Gasteiger partial charge in [-0.3, -0.25) is 4.90 Å². The molecule has 200 valence electrons. The molecular weight excluding hydrogens is 520 g/mol. The predicted octanol–water partition coefficient (Wildman–Crippen LogP) is 3.97. The lowest BCUT2D eigenvalue weighted by atomic mass is 9.65. The van der Waals surface area contributed by atoms with Crippen molar-refractivity contribution in [3.8, 4) is 0 Å². The van der Waals surface area contributed by atoms with E-state index in [4.69, 9.17) is 19.8 Å². The van der Waals surface area contributed by atoms with Crippen molar-refractivity contribution in [2.24, 2.45) is 5.41 Å². The lowest BCUT2D eigenvalue weighted by Gasteiger charge is -2.45. The molecule has 2 aliphatic rings. The van der Waals surface area contributed by atoms with Crippen molar-refractivity contribution in [3.05, 3.63) is 34.5 Å². The van der Waals surface area contributed by atoms with Crippen LogP contribution in [0.5, 0.6) is 0 Å². The summed E-state index contributed by atoms with van der Waals surface area (Å²) in [6.45, 7) is 5.49. The molecule has 0 atom stereocenters. The molecule has 4 rings (SSSR count). The summed E-state index contributed by atoms with van der Waals surface area (Å²) in [7, 11) is 0. The van der Waals surface area contributed by atoms with E-state index in [9.17, 15) is 26.3 Å². The molecule has 1 saturated carbocycles. The molecule has 0 amide bonds. The summed E-state index contributed by atoms with van der Waals surface area (Å²) < 4.78 is 63.5. The number of alkyl halides is 6. The van der Waals surface area contributed by atoms with Gasteiger partial charge in [0.25, 0.3) is 0 Å². The van der Waals surface area contributed by atoms with Gasteiger partial charge >= 0.3 is 24.3 Å². The van der Waals surface area contributed by atoms with Crippen LogP contribution in [0.3, 0.4) is 0 Å². The van der Waals surface area contributed by atoms with Crippen LogP contribution in [0.2, 0.25) is 0 Å². The number of carboxylic acid groups (broad SMARTS) is 2. The van der Waals surface area contributed by atoms with Gasteiger partial charge in [0.05, 0.1) is 6.54 Å². The highest BCUT2D eigenvalue weighted by Crippen LogP contribution is 2.49. The van der Waals surface area contributed by atoms with E-state index in [1.807, 2.05) is 6.07 Å². The smallest absolute Gasteiger partial charge is 0.475 e. The quantitative estimate of drug-likeness (QED) is 0.491. The maximum Gasteiger partial charge on any atom is 0.490 e. The number of halogens is 6. The third-order valence-corrected chi connectivity index (χ3v) is 6.24. The molecule has 2 fully saturated rings. The van der Waals surface area contributed by atoms with Crippen LogP contribution >= 0.6 is 11.3 Å². The van der Waals surface area contributed by atoms with E-state index in [0.29, 0.717) is 11.5 Å². The third kappa shape index (κ3) is 9.22. The van der Waals surface area contributed by atoms with E-state index < -0.39 is 24.3 Å². The fraction of sp³-hybridized carbons (Fsp3) is 0.550. The van der Waals surface area contributed by atoms with Gasteiger partial charge in [0.15, 0.2) is 0 Å². The summed E-state index contributed by atoms with van der Waals surface area (Å²) >= 11 is 1.78. The van der Waals surface area contributed by atoms with Gasteiger partial charge in [-0.1, -0.05) is 0 Å². The Morgan fingerprint density at radius 2 is 1.64 bits per heavy atom. The number of nitrogens with one attached hydrogen (secondary N) is 1. The Bertz CT molecular complexity index is 988. The number of aliphatic carboxylic acids is 2. The van der Waals surface area contributed by atoms with Gasteiger partial charge < -0.3 is 15.5 Å². The first-order chi connectivity index (χ1) is 16.6. The van der Waals surface area contributed by atoms with Crippen molar-refractivity contribution in [3.63, 3.8) is 0 Å². The number of rotatable bonds is 4. The van der Waals surface area contributed by atoms with Crippen LogP contribution < -0.4 is 5.32 Å². The van der Waals surface area contributed by atoms with Crippen molar-refractivity contribution in [1.29, 1.82) is 0 Å². The normalized spacial score (nSPS) is 21.5. The Kier molecular flexibility index (Phi) is 9.59. The molecule has 0 radical (unpaired) electrons. The summed E-state index contributed by atoms with van der Waals surface area (Å²) in [6.07, 6.45) is -2.81. The van der Waals surface area contributed by atoms with E-state index in [-0.39, 0.29) is 0 Å². The van der Waals surface area contributed by atoms with Crippen LogP contribution in [0.25, 0.3) is 0 Å². The molecule has 0 bridgehead atoms. The van der Waals surface area contributed by atoms with Gasteiger partial charge in [-0.05, 0) is 44.2 Å². The fourth-order valence-corrected chi connectivity index (χ4v) is 4.62.